The van der Waals surface area contributed by atoms with Crippen molar-refractivity contribution in [3.8, 4) is 0 Å². The third kappa shape index (κ3) is 8.43. The minimum absolute atomic E-state index is 0.00991. The number of benzene rings is 3. The van der Waals surface area contributed by atoms with Crippen molar-refractivity contribution in [2.75, 3.05) is 49.5 Å². The first-order chi connectivity index (χ1) is 27.3. The van der Waals surface area contributed by atoms with E-state index in [-0.39, 0.29) is 36.8 Å². The molecule has 8 nitrogen and oxygen atoms in total. The van der Waals surface area contributed by atoms with Gasteiger partial charge in [0.15, 0.2) is 25.5 Å². The number of carbonyl (C=O) groups excluding carboxylic acids is 2. The van der Waals surface area contributed by atoms with Gasteiger partial charge in [0.05, 0.1) is 64.9 Å². The number of hydrogen-bond acceptors (Lipinski definition) is 7. The van der Waals surface area contributed by atoms with Gasteiger partial charge in [0, 0.05) is 30.2 Å². The quantitative estimate of drug-likeness (QED) is 0.0482. The lowest BCUT2D eigenvalue weighted by Crippen LogP contribution is -2.60. The Morgan fingerprint density at radius 1 is 0.759 bits per heavy atom. The van der Waals surface area contributed by atoms with E-state index in [1.807, 2.05) is 65.8 Å². The molecule has 0 fully saturated rings. The van der Waals surface area contributed by atoms with Gasteiger partial charge in [-0.3, -0.25) is 4.79 Å². The molecule has 3 N–H and O–H groups in total. The van der Waals surface area contributed by atoms with Crippen molar-refractivity contribution in [1.29, 1.82) is 0 Å². The van der Waals surface area contributed by atoms with Gasteiger partial charge in [-0.25, -0.2) is 4.39 Å². The van der Waals surface area contributed by atoms with Crippen molar-refractivity contribution >= 4 is 64.4 Å². The summed E-state index contributed by atoms with van der Waals surface area (Å²) in [7, 11) is -2.73. The van der Waals surface area contributed by atoms with Crippen molar-refractivity contribution in [2.45, 2.75) is 91.4 Å². The molecule has 0 aromatic heterocycles. The largest absolute Gasteiger partial charge is 0.538 e. The predicted molar refractivity (Wildman–Crippen MR) is 227 cm³/mol. The summed E-state index contributed by atoms with van der Waals surface area (Å²) in [5.74, 6) is -7.99. The molecule has 0 saturated carbocycles. The maximum atomic E-state index is 17.4. The van der Waals surface area contributed by atoms with Gasteiger partial charge in [0.25, 0.3) is 5.91 Å². The lowest BCUT2D eigenvalue weighted by Gasteiger charge is -2.39. The number of unbranched alkanes of at least 4 members (excludes halogenated alkanes) is 3. The van der Waals surface area contributed by atoms with E-state index < -0.39 is 54.1 Å². The Morgan fingerprint density at radius 2 is 1.26 bits per heavy atom. The summed E-state index contributed by atoms with van der Waals surface area (Å²) in [5.41, 5.74) is 2.07. The number of fused-ring (bicyclic) bond motifs is 4. The number of carboxylic acids is 1. The second-order valence-corrected chi connectivity index (χ2v) is 21.9. The molecule has 3 aliphatic heterocycles. The zero-order valence-electron chi connectivity index (χ0n) is 34.6. The highest BCUT2D eigenvalue weighted by molar-refractivity contribution is 7.01. The van der Waals surface area contributed by atoms with E-state index in [2.05, 4.69) is 41.2 Å². The summed E-state index contributed by atoms with van der Waals surface area (Å²) in [6.45, 7) is 17.4. The molecule has 0 aliphatic carbocycles. The van der Waals surface area contributed by atoms with E-state index >= 15 is 13.2 Å². The molecule has 58 heavy (non-hydrogen) atoms. The van der Waals surface area contributed by atoms with Gasteiger partial charge in [0.1, 0.15) is 17.1 Å². The van der Waals surface area contributed by atoms with Crippen molar-refractivity contribution in [3.05, 3.63) is 98.7 Å². The van der Waals surface area contributed by atoms with Gasteiger partial charge in [-0.15, -0.1) is 11.6 Å². The molecule has 0 radical (unpaired) electrons. The third-order valence-corrected chi connectivity index (χ3v) is 15.0. The number of alkyl halides is 1. The molecule has 3 aliphatic rings. The van der Waals surface area contributed by atoms with E-state index in [1.165, 1.54) is 0 Å². The van der Waals surface area contributed by atoms with Crippen molar-refractivity contribution in [1.82, 2.24) is 5.32 Å². The Bertz CT molecular complexity index is 2110. The van der Waals surface area contributed by atoms with Crippen LogP contribution in [0, 0.1) is 23.4 Å². The minimum Gasteiger partial charge on any atom is -0.538 e. The SMILES string of the molecule is CC1=CC(C)(C)Nc2cc3c(cc21)[C+](c1c(F)c(C(=O)NCCOCCOCCCCCCCl)c(F)c(F)c1C(=O)[O-])c1cc2c(cc1[Si]3(C)C)NC(C)(C)C=C2C. The molecule has 6 rings (SSSR count). The van der Waals surface area contributed by atoms with E-state index in [0.717, 1.165) is 69.7 Å². The van der Waals surface area contributed by atoms with Crippen molar-refractivity contribution < 1.29 is 37.3 Å². The molecular weight excluding hydrogens is 783 g/mol. The number of hydrogen-bond donors (Lipinski definition) is 3. The van der Waals surface area contributed by atoms with Crippen LogP contribution >= 0.6 is 11.6 Å². The topological polar surface area (TPSA) is 112 Å². The van der Waals surface area contributed by atoms with Crippen LogP contribution in [0.5, 0.6) is 0 Å². The number of amides is 1. The highest BCUT2D eigenvalue weighted by Crippen LogP contribution is 2.46. The van der Waals surface area contributed by atoms with Crippen molar-refractivity contribution in [3.63, 3.8) is 0 Å². The maximum Gasteiger partial charge on any atom is 0.263 e. The third-order valence-electron chi connectivity index (χ3n) is 11.2. The second-order valence-electron chi connectivity index (χ2n) is 17.2. The number of allylic oxidation sites excluding steroid dienone is 2. The lowest BCUT2D eigenvalue weighted by atomic mass is 9.77. The van der Waals surface area contributed by atoms with Crippen LogP contribution in [0.3, 0.4) is 0 Å². The maximum absolute atomic E-state index is 17.4. The van der Waals surface area contributed by atoms with Gasteiger partial charge >= 0.3 is 0 Å². The zero-order chi connectivity index (χ0) is 42.3. The van der Waals surface area contributed by atoms with Crippen LogP contribution in [0.4, 0.5) is 24.5 Å². The number of nitrogens with one attached hydrogen (secondary N) is 3. The molecule has 1 amide bonds. The normalized spacial score (nSPS) is 16.8. The summed E-state index contributed by atoms with van der Waals surface area (Å²) in [6, 6.07) is 7.80. The number of anilines is 2. The van der Waals surface area contributed by atoms with Crippen LogP contribution in [0.25, 0.3) is 11.1 Å². The summed E-state index contributed by atoms with van der Waals surface area (Å²) in [5, 5.41) is 24.1. The van der Waals surface area contributed by atoms with Crippen molar-refractivity contribution in [2.24, 2.45) is 0 Å². The van der Waals surface area contributed by atoms with E-state index in [1.54, 1.807) is 0 Å². The lowest BCUT2D eigenvalue weighted by molar-refractivity contribution is -0.255. The van der Waals surface area contributed by atoms with Gasteiger partial charge < -0.3 is 35.3 Å². The Hall–Kier alpha value is -4.23. The van der Waals surface area contributed by atoms with Crippen LogP contribution in [-0.4, -0.2) is 69.9 Å². The molecule has 0 atom stereocenters. The Labute approximate surface area is 345 Å². The van der Waals surface area contributed by atoms with Gasteiger partial charge in [-0.2, -0.15) is 8.78 Å². The average molecular weight is 836 g/mol. The molecule has 3 aromatic carbocycles. The summed E-state index contributed by atoms with van der Waals surface area (Å²) in [4.78, 5) is 26.5. The highest BCUT2D eigenvalue weighted by Gasteiger charge is 2.50. The van der Waals surface area contributed by atoms with E-state index in [0.29, 0.717) is 30.2 Å². The van der Waals surface area contributed by atoms with Crippen LogP contribution in [0.2, 0.25) is 13.1 Å². The fourth-order valence-corrected chi connectivity index (χ4v) is 11.9. The number of ether oxygens (including phenoxy) is 2. The summed E-state index contributed by atoms with van der Waals surface area (Å²) < 4.78 is 60.6. The Balaban J connectivity index is 1.43. The number of carboxylic acid groups (broad SMARTS) is 1. The fraction of sp³-hybridized carbons (Fsp3) is 0.444. The smallest absolute Gasteiger partial charge is 0.263 e. The Kier molecular flexibility index (Phi) is 12.5. The molecule has 13 heteroatoms. The number of carbonyl (C=O) groups is 2. The monoisotopic (exact) mass is 835 g/mol. The highest BCUT2D eigenvalue weighted by atomic mass is 35.5. The molecule has 310 valence electrons. The fourth-order valence-electron chi connectivity index (χ4n) is 8.66. The number of aromatic carboxylic acids is 1. The minimum atomic E-state index is -2.73. The first-order valence-electron chi connectivity index (χ1n) is 19.9. The van der Waals surface area contributed by atoms with Crippen LogP contribution in [0.1, 0.15) is 116 Å². The number of rotatable bonds is 15. The van der Waals surface area contributed by atoms with E-state index in [9.17, 15) is 14.7 Å². The summed E-state index contributed by atoms with van der Waals surface area (Å²) in [6.07, 6.45) is 8.05. The molecule has 3 heterocycles. The molecule has 0 unspecified atom stereocenters. The van der Waals surface area contributed by atoms with Crippen LogP contribution < -0.4 is 31.4 Å². The molecule has 0 spiro atoms. The Morgan fingerprint density at radius 3 is 1.78 bits per heavy atom. The van der Waals surface area contributed by atoms with Crippen LogP contribution in [0.15, 0.2) is 36.4 Å². The number of halogens is 4. The molecule has 0 saturated heterocycles. The molecule has 0 bridgehead atoms. The second kappa shape index (κ2) is 16.8. The molecule has 3 aromatic rings. The van der Waals surface area contributed by atoms with Gasteiger partial charge in [0.2, 0.25) is 0 Å². The average Bonchev–Trinajstić information content (AvgIpc) is 3.12. The first kappa shape index (κ1) is 43.3. The standard InChI is InChI=1S/C45H53ClF3N3O5Si/c1-25-23-44(3,4)51-31-21-33-29(19-27(25)31)35(30-20-28-26(2)24-45(5,6)52-32(28)22-34(30)58(33,7)8)36-37(43(54)55)40(48)41(49)38(39(36)47)42(53)50-14-16-57-18-17-56-15-12-10-9-11-13-46/h19-24,51-52H,9-18H2,1-8H3,(H-,50,53,54,55). The predicted octanol–water partition coefficient (Wildman–Crippen LogP) is 7.40. The van der Waals surface area contributed by atoms with E-state index in [4.69, 9.17) is 21.1 Å². The van der Waals surface area contributed by atoms with Gasteiger partial charge in [-0.1, -0.05) is 38.1 Å². The van der Waals surface area contributed by atoms with Gasteiger partial charge in [-0.05, 0) is 100 Å². The summed E-state index contributed by atoms with van der Waals surface area (Å²) >= 11 is 5.70. The zero-order valence-corrected chi connectivity index (χ0v) is 36.3. The first-order valence-corrected chi connectivity index (χ1v) is 23.5. The molecular formula is C45H53ClF3N3O5Si. The van der Waals surface area contributed by atoms with Crippen LogP contribution in [-0.2, 0) is 9.47 Å².